The third kappa shape index (κ3) is 4.95. The number of thioether (sulfide) groups is 1. The van der Waals surface area contributed by atoms with Crippen molar-refractivity contribution in [3.63, 3.8) is 0 Å². The van der Waals surface area contributed by atoms with Crippen molar-refractivity contribution in [3.8, 4) is 0 Å². The van der Waals surface area contributed by atoms with Gasteiger partial charge in [-0.25, -0.2) is 4.98 Å². The highest BCUT2D eigenvalue weighted by atomic mass is 32.2. The van der Waals surface area contributed by atoms with Gasteiger partial charge in [-0.2, -0.15) is 5.10 Å². The van der Waals surface area contributed by atoms with Crippen LogP contribution in [-0.2, 0) is 5.75 Å². The average molecular weight is 366 g/mol. The van der Waals surface area contributed by atoms with Crippen LogP contribution in [0.1, 0.15) is 40.7 Å². The first kappa shape index (κ1) is 18.2. The number of aromatic amines is 1. The molecular weight excluding hydrogens is 344 g/mol. The monoisotopic (exact) mass is 366 g/mol. The van der Waals surface area contributed by atoms with Gasteiger partial charge in [-0.3, -0.25) is 9.89 Å². The number of carbonyl (C=O) groups excluding carboxylic acids is 1. The van der Waals surface area contributed by atoms with E-state index in [-0.39, 0.29) is 5.91 Å². The van der Waals surface area contributed by atoms with E-state index in [0.29, 0.717) is 18.0 Å². The number of carbonyl (C=O) groups is 1. The van der Waals surface area contributed by atoms with Crippen LogP contribution < -0.4 is 5.32 Å². The topological polar surface area (TPSA) is 70.7 Å². The minimum Gasteiger partial charge on any atom is -0.351 e. The van der Waals surface area contributed by atoms with E-state index in [0.717, 1.165) is 22.9 Å². The molecule has 0 fully saturated rings. The molecule has 1 atom stereocenters. The van der Waals surface area contributed by atoms with Crippen molar-refractivity contribution in [2.45, 2.75) is 30.2 Å². The number of rotatable bonds is 8. The Hall–Kier alpha value is -2.60. The van der Waals surface area contributed by atoms with E-state index in [9.17, 15) is 4.79 Å². The fraction of sp³-hybridized carbons (Fsp3) is 0.250. The Morgan fingerprint density at radius 1 is 1.15 bits per heavy atom. The maximum atomic E-state index is 12.4. The third-order valence-electron chi connectivity index (χ3n) is 4.26. The minimum atomic E-state index is -0.0335. The summed E-state index contributed by atoms with van der Waals surface area (Å²) in [6.07, 6.45) is 2.48. The average Bonchev–Trinajstić information content (AvgIpc) is 3.21. The number of hydrogen-bond acceptors (Lipinski definition) is 4. The molecule has 134 valence electrons. The summed E-state index contributed by atoms with van der Waals surface area (Å²) in [5.41, 5.74) is 3.08. The number of nitrogens with zero attached hydrogens (tertiary/aromatic N) is 2. The Morgan fingerprint density at radius 2 is 1.92 bits per heavy atom. The molecule has 0 saturated carbocycles. The van der Waals surface area contributed by atoms with E-state index in [1.165, 1.54) is 11.9 Å². The lowest BCUT2D eigenvalue weighted by atomic mass is 9.96. The van der Waals surface area contributed by atoms with Gasteiger partial charge in [0.05, 0.1) is 0 Å². The van der Waals surface area contributed by atoms with Gasteiger partial charge >= 0.3 is 0 Å². The Kier molecular flexibility index (Phi) is 6.44. The third-order valence-corrected chi connectivity index (χ3v) is 5.21. The van der Waals surface area contributed by atoms with E-state index < -0.39 is 0 Å². The first-order valence-electron chi connectivity index (χ1n) is 8.66. The zero-order valence-electron chi connectivity index (χ0n) is 14.7. The Labute approximate surface area is 157 Å². The summed E-state index contributed by atoms with van der Waals surface area (Å²) in [7, 11) is 0. The molecule has 0 aliphatic carbocycles. The lowest BCUT2D eigenvalue weighted by molar-refractivity contribution is 0.0951. The van der Waals surface area contributed by atoms with Crippen molar-refractivity contribution in [1.82, 2.24) is 20.5 Å². The van der Waals surface area contributed by atoms with Gasteiger partial charge < -0.3 is 5.32 Å². The van der Waals surface area contributed by atoms with Crippen LogP contribution in [0.25, 0.3) is 0 Å². The quantitative estimate of drug-likeness (QED) is 0.591. The van der Waals surface area contributed by atoms with Crippen molar-refractivity contribution < 1.29 is 4.79 Å². The summed E-state index contributed by atoms with van der Waals surface area (Å²) in [4.78, 5) is 16.5. The van der Waals surface area contributed by atoms with Crippen molar-refractivity contribution in [2.24, 2.45) is 0 Å². The normalized spacial score (nSPS) is 11.9. The van der Waals surface area contributed by atoms with Gasteiger partial charge in [0.2, 0.25) is 0 Å². The fourth-order valence-electron chi connectivity index (χ4n) is 2.71. The van der Waals surface area contributed by atoms with Crippen LogP contribution in [0, 0.1) is 0 Å². The number of amides is 1. The van der Waals surface area contributed by atoms with Crippen LogP contribution in [0.2, 0.25) is 0 Å². The summed E-state index contributed by atoms with van der Waals surface area (Å²) < 4.78 is 0. The molecule has 3 aromatic rings. The predicted octanol–water partition coefficient (Wildman–Crippen LogP) is 4.02. The lowest BCUT2D eigenvalue weighted by Crippen LogP contribution is -2.28. The Balaban J connectivity index is 1.52. The summed E-state index contributed by atoms with van der Waals surface area (Å²) in [5.74, 6) is 1.08. The summed E-state index contributed by atoms with van der Waals surface area (Å²) >= 11 is 1.58. The molecule has 0 aliphatic rings. The number of aromatic nitrogens is 3. The first-order chi connectivity index (χ1) is 12.8. The Morgan fingerprint density at radius 3 is 2.58 bits per heavy atom. The van der Waals surface area contributed by atoms with E-state index in [1.54, 1.807) is 11.8 Å². The molecule has 0 spiro atoms. The summed E-state index contributed by atoms with van der Waals surface area (Å²) in [6, 6.07) is 18.0. The largest absolute Gasteiger partial charge is 0.351 e. The molecule has 5 nitrogen and oxygen atoms in total. The van der Waals surface area contributed by atoms with Crippen LogP contribution in [0.15, 0.2) is 66.1 Å². The highest BCUT2D eigenvalue weighted by molar-refractivity contribution is 7.98. The van der Waals surface area contributed by atoms with Gasteiger partial charge in [-0.15, -0.1) is 0 Å². The maximum absolute atomic E-state index is 12.4. The standard InChI is InChI=1S/C20H22N4OS/c1-2-16(17-6-4-3-5-7-17)12-21-19(25)18-10-8-15(9-11-18)13-26-20-22-14-23-24-20/h3-11,14,16H,2,12-13H2,1H3,(H,21,25)(H,22,23,24)/t16-/m0/s1. The van der Waals surface area contributed by atoms with Crippen LogP contribution in [0.3, 0.4) is 0 Å². The van der Waals surface area contributed by atoms with Crippen molar-refractivity contribution >= 4 is 17.7 Å². The molecule has 0 unspecified atom stereocenters. The second-order valence-corrected chi connectivity index (χ2v) is 6.97. The molecule has 3 rings (SSSR count). The number of hydrogen-bond donors (Lipinski definition) is 2. The number of benzene rings is 2. The van der Waals surface area contributed by atoms with Gasteiger partial charge in [0.25, 0.3) is 5.91 Å². The van der Waals surface area contributed by atoms with Crippen LogP contribution >= 0.6 is 11.8 Å². The highest BCUT2D eigenvalue weighted by Crippen LogP contribution is 2.20. The first-order valence-corrected chi connectivity index (χ1v) is 9.65. The van der Waals surface area contributed by atoms with Gasteiger partial charge in [0.15, 0.2) is 5.16 Å². The zero-order chi connectivity index (χ0) is 18.2. The summed E-state index contributed by atoms with van der Waals surface area (Å²) in [5, 5.41) is 10.5. The molecule has 0 saturated heterocycles. The second-order valence-electron chi connectivity index (χ2n) is 6.00. The van der Waals surface area contributed by atoms with Crippen LogP contribution in [0.4, 0.5) is 0 Å². The van der Waals surface area contributed by atoms with Crippen LogP contribution in [-0.4, -0.2) is 27.6 Å². The highest BCUT2D eigenvalue weighted by Gasteiger charge is 2.12. The number of nitrogens with one attached hydrogen (secondary N) is 2. The van der Waals surface area contributed by atoms with E-state index >= 15 is 0 Å². The van der Waals surface area contributed by atoms with Gasteiger partial charge in [-0.1, -0.05) is 61.2 Å². The van der Waals surface area contributed by atoms with E-state index in [2.05, 4.69) is 39.6 Å². The fourth-order valence-corrected chi connectivity index (χ4v) is 3.44. The molecule has 2 aromatic carbocycles. The number of H-pyrrole nitrogens is 1. The molecule has 0 bridgehead atoms. The van der Waals surface area contributed by atoms with Crippen LogP contribution in [0.5, 0.6) is 0 Å². The maximum Gasteiger partial charge on any atom is 0.251 e. The molecule has 1 heterocycles. The van der Waals surface area contributed by atoms with Crippen molar-refractivity contribution in [3.05, 3.63) is 77.6 Å². The molecule has 6 heteroatoms. The van der Waals surface area contributed by atoms with Gasteiger partial charge in [0.1, 0.15) is 6.33 Å². The minimum absolute atomic E-state index is 0.0335. The summed E-state index contributed by atoms with van der Waals surface area (Å²) in [6.45, 7) is 2.78. The molecule has 0 radical (unpaired) electrons. The second kappa shape index (κ2) is 9.20. The van der Waals surface area contributed by atoms with E-state index in [4.69, 9.17) is 0 Å². The zero-order valence-corrected chi connectivity index (χ0v) is 15.5. The molecule has 2 N–H and O–H groups in total. The molecular formula is C20H22N4OS. The predicted molar refractivity (Wildman–Crippen MR) is 104 cm³/mol. The lowest BCUT2D eigenvalue weighted by Gasteiger charge is -2.16. The van der Waals surface area contributed by atoms with Gasteiger partial charge in [0, 0.05) is 23.8 Å². The van der Waals surface area contributed by atoms with Gasteiger partial charge in [-0.05, 0) is 29.7 Å². The van der Waals surface area contributed by atoms with E-state index in [1.807, 2.05) is 42.5 Å². The van der Waals surface area contributed by atoms with Crippen molar-refractivity contribution in [2.75, 3.05) is 6.54 Å². The Bertz CT molecular complexity index is 804. The molecule has 1 amide bonds. The SMILES string of the molecule is CC[C@@H](CNC(=O)c1ccc(CSc2ncn[nH]2)cc1)c1ccccc1. The molecule has 1 aromatic heterocycles. The van der Waals surface area contributed by atoms with Crippen molar-refractivity contribution in [1.29, 1.82) is 0 Å². The molecule has 26 heavy (non-hydrogen) atoms. The smallest absolute Gasteiger partial charge is 0.251 e. The molecule has 0 aliphatic heterocycles.